The second-order valence-electron chi connectivity index (χ2n) is 10.6. The van der Waals surface area contributed by atoms with Crippen LogP contribution in [-0.4, -0.2) is 18.9 Å². The Labute approximate surface area is 160 Å². The zero-order valence-electron chi connectivity index (χ0n) is 17.6. The largest absolute Gasteiger partial charge is 0.438 e. The number of esters is 1. The third-order valence-corrected chi connectivity index (χ3v) is 7.97. The van der Waals surface area contributed by atoms with Gasteiger partial charge in [0.25, 0.3) is 0 Å². The summed E-state index contributed by atoms with van der Waals surface area (Å²) in [6.07, 6.45) is 10.1. The van der Waals surface area contributed by atoms with Crippen molar-refractivity contribution < 1.29 is 14.3 Å². The van der Waals surface area contributed by atoms with Crippen molar-refractivity contribution in [3.05, 3.63) is 0 Å². The highest BCUT2D eigenvalue weighted by Crippen LogP contribution is 2.54. The van der Waals surface area contributed by atoms with Crippen LogP contribution < -0.4 is 0 Å². The van der Waals surface area contributed by atoms with E-state index < -0.39 is 0 Å². The fraction of sp³-hybridized carbons (Fsp3) is 0.957. The van der Waals surface area contributed by atoms with Crippen LogP contribution >= 0.6 is 0 Å². The molecule has 0 aromatic carbocycles. The highest BCUT2D eigenvalue weighted by molar-refractivity contribution is 5.71. The minimum atomic E-state index is -0.0663. The smallest absolute Gasteiger partial charge is 0.310 e. The van der Waals surface area contributed by atoms with Crippen LogP contribution in [0.3, 0.4) is 0 Å². The Bertz CT molecular complexity index is 470. The van der Waals surface area contributed by atoms with Crippen molar-refractivity contribution >= 4 is 5.97 Å². The molecule has 2 bridgehead atoms. The quantitative estimate of drug-likeness (QED) is 0.440. The average Bonchev–Trinajstić information content (AvgIpc) is 3.17. The summed E-state index contributed by atoms with van der Waals surface area (Å²) in [6, 6.07) is 0. The summed E-state index contributed by atoms with van der Waals surface area (Å²) in [5.41, 5.74) is 0.393. The second-order valence-corrected chi connectivity index (χ2v) is 10.6. The van der Waals surface area contributed by atoms with Gasteiger partial charge in [-0.15, -0.1) is 0 Å². The molecule has 5 unspecified atom stereocenters. The van der Waals surface area contributed by atoms with Crippen molar-refractivity contribution in [2.75, 3.05) is 6.79 Å². The molecule has 3 nitrogen and oxygen atoms in total. The molecule has 3 fully saturated rings. The average molecular weight is 365 g/mol. The van der Waals surface area contributed by atoms with Crippen LogP contribution in [0.5, 0.6) is 0 Å². The van der Waals surface area contributed by atoms with Crippen LogP contribution in [0.15, 0.2) is 0 Å². The number of carbonyl (C=O) groups excluding carboxylic acids is 1. The van der Waals surface area contributed by atoms with Gasteiger partial charge in [0.2, 0.25) is 0 Å². The van der Waals surface area contributed by atoms with Gasteiger partial charge >= 0.3 is 5.97 Å². The summed E-state index contributed by atoms with van der Waals surface area (Å²) in [4.78, 5) is 12.4. The molecule has 0 saturated heterocycles. The van der Waals surface area contributed by atoms with E-state index >= 15 is 0 Å². The zero-order valence-corrected chi connectivity index (χ0v) is 17.6. The van der Waals surface area contributed by atoms with Crippen LogP contribution in [0.2, 0.25) is 0 Å². The summed E-state index contributed by atoms with van der Waals surface area (Å²) in [7, 11) is 0. The minimum absolute atomic E-state index is 0.00188. The summed E-state index contributed by atoms with van der Waals surface area (Å²) in [5.74, 6) is 4.02. The Morgan fingerprint density at radius 2 is 1.69 bits per heavy atom. The lowest BCUT2D eigenvalue weighted by Gasteiger charge is -2.36. The number of ether oxygens (including phenoxy) is 2. The second kappa shape index (κ2) is 8.20. The number of carbonyl (C=O) groups is 1. The van der Waals surface area contributed by atoms with Crippen molar-refractivity contribution in [1.82, 2.24) is 0 Å². The Kier molecular flexibility index (Phi) is 6.37. The molecule has 0 radical (unpaired) electrons. The van der Waals surface area contributed by atoms with E-state index in [2.05, 4.69) is 27.7 Å². The molecular weight excluding hydrogens is 324 g/mol. The molecule has 0 spiro atoms. The van der Waals surface area contributed by atoms with Gasteiger partial charge in [0.15, 0.2) is 6.79 Å². The molecule has 0 N–H and O–H groups in total. The molecular formula is C23H40O3. The van der Waals surface area contributed by atoms with Crippen LogP contribution in [0.4, 0.5) is 0 Å². The molecule has 3 rings (SSSR count). The van der Waals surface area contributed by atoms with Gasteiger partial charge in [0, 0.05) is 0 Å². The molecule has 3 aliphatic rings. The predicted octanol–water partition coefficient (Wildman–Crippen LogP) is 5.82. The summed E-state index contributed by atoms with van der Waals surface area (Å²) >= 11 is 0. The van der Waals surface area contributed by atoms with Crippen molar-refractivity contribution in [2.45, 2.75) is 92.1 Å². The lowest BCUT2D eigenvalue weighted by Crippen LogP contribution is -2.30. The Morgan fingerprint density at radius 1 is 1.04 bits per heavy atom. The standard InChI is InChI=1S/C23H40O3/c1-15(12-21-16(2)17-6-7-18(21)13-17)22(24)26-14-25-20-10-8-19(9-11-20)23(3,4)5/h15-21H,6-14H2,1-5H3. The van der Waals surface area contributed by atoms with E-state index in [9.17, 15) is 4.79 Å². The molecule has 3 heteroatoms. The van der Waals surface area contributed by atoms with Crippen molar-refractivity contribution in [3.8, 4) is 0 Å². The van der Waals surface area contributed by atoms with Gasteiger partial charge in [0.05, 0.1) is 12.0 Å². The summed E-state index contributed by atoms with van der Waals surface area (Å²) in [6.45, 7) is 11.6. The maximum absolute atomic E-state index is 12.4. The third kappa shape index (κ3) is 4.64. The van der Waals surface area contributed by atoms with Gasteiger partial charge in [-0.05, 0) is 86.4 Å². The molecule has 150 valence electrons. The topological polar surface area (TPSA) is 35.5 Å². The van der Waals surface area contributed by atoms with E-state index in [4.69, 9.17) is 9.47 Å². The van der Waals surface area contributed by atoms with E-state index in [0.29, 0.717) is 5.41 Å². The molecule has 26 heavy (non-hydrogen) atoms. The van der Waals surface area contributed by atoms with Crippen LogP contribution in [0.25, 0.3) is 0 Å². The number of hydrogen-bond acceptors (Lipinski definition) is 3. The van der Waals surface area contributed by atoms with Gasteiger partial charge in [-0.3, -0.25) is 4.79 Å². The van der Waals surface area contributed by atoms with E-state index in [0.717, 1.165) is 48.9 Å². The molecule has 3 aliphatic carbocycles. The van der Waals surface area contributed by atoms with Crippen LogP contribution in [0, 0.1) is 40.9 Å². The Balaban J connectivity index is 1.33. The molecule has 3 saturated carbocycles. The minimum Gasteiger partial charge on any atom is -0.438 e. The summed E-state index contributed by atoms with van der Waals surface area (Å²) < 4.78 is 11.3. The number of fused-ring (bicyclic) bond motifs is 2. The number of rotatable bonds is 6. The lowest BCUT2D eigenvalue weighted by molar-refractivity contribution is -0.168. The van der Waals surface area contributed by atoms with E-state index in [1.54, 1.807) is 0 Å². The monoisotopic (exact) mass is 364 g/mol. The van der Waals surface area contributed by atoms with Crippen molar-refractivity contribution in [2.24, 2.45) is 40.9 Å². The first-order valence-corrected chi connectivity index (χ1v) is 11.0. The van der Waals surface area contributed by atoms with E-state index in [-0.39, 0.29) is 24.8 Å². The molecule has 0 aromatic rings. The summed E-state index contributed by atoms with van der Waals surface area (Å²) in [5, 5.41) is 0. The number of hydrogen-bond donors (Lipinski definition) is 0. The SMILES string of the molecule is CC(CC1C2CCC(C2)C1C)C(=O)OCOC1CCC(C(C)(C)C)CC1. The van der Waals surface area contributed by atoms with Crippen LogP contribution in [-0.2, 0) is 14.3 Å². The maximum atomic E-state index is 12.4. The first kappa shape index (κ1) is 20.2. The lowest BCUT2D eigenvalue weighted by atomic mass is 9.72. The van der Waals surface area contributed by atoms with Crippen LogP contribution in [0.1, 0.15) is 86.0 Å². The zero-order chi connectivity index (χ0) is 18.9. The third-order valence-electron chi connectivity index (χ3n) is 7.97. The van der Waals surface area contributed by atoms with Gasteiger partial charge in [0.1, 0.15) is 0 Å². The Hall–Kier alpha value is -0.570. The Morgan fingerprint density at radius 3 is 2.27 bits per heavy atom. The first-order chi connectivity index (χ1) is 12.3. The van der Waals surface area contributed by atoms with E-state index in [1.807, 2.05) is 6.92 Å². The predicted molar refractivity (Wildman–Crippen MR) is 105 cm³/mol. The van der Waals surface area contributed by atoms with E-state index in [1.165, 1.54) is 32.1 Å². The molecule has 0 aromatic heterocycles. The fourth-order valence-corrected chi connectivity index (χ4v) is 6.04. The van der Waals surface area contributed by atoms with Gasteiger partial charge in [-0.25, -0.2) is 0 Å². The maximum Gasteiger partial charge on any atom is 0.310 e. The normalized spacial score (nSPS) is 38.3. The van der Waals surface area contributed by atoms with Gasteiger partial charge in [-0.2, -0.15) is 0 Å². The first-order valence-electron chi connectivity index (χ1n) is 11.0. The molecule has 5 atom stereocenters. The van der Waals surface area contributed by atoms with Crippen molar-refractivity contribution in [1.29, 1.82) is 0 Å². The highest BCUT2D eigenvalue weighted by atomic mass is 16.7. The molecule has 0 aliphatic heterocycles. The molecule has 0 amide bonds. The molecule has 0 heterocycles. The highest BCUT2D eigenvalue weighted by Gasteiger charge is 2.45. The fourth-order valence-electron chi connectivity index (χ4n) is 6.04. The van der Waals surface area contributed by atoms with Gasteiger partial charge in [-0.1, -0.05) is 34.6 Å². The van der Waals surface area contributed by atoms with Crippen molar-refractivity contribution in [3.63, 3.8) is 0 Å². The van der Waals surface area contributed by atoms with Gasteiger partial charge < -0.3 is 9.47 Å².